The lowest BCUT2D eigenvalue weighted by Crippen LogP contribution is -2.42. The first-order valence-corrected chi connectivity index (χ1v) is 11.2. The third-order valence-electron chi connectivity index (χ3n) is 6.54. The average Bonchev–Trinajstić information content (AvgIpc) is 3.28. The number of carbonyl (C=O) groups is 2. The molecule has 1 saturated heterocycles. The zero-order chi connectivity index (χ0) is 24.5. The van der Waals surface area contributed by atoms with Crippen molar-refractivity contribution in [2.45, 2.75) is 58.0 Å². The molecule has 2 aromatic carbocycles. The molecule has 0 bridgehead atoms. The molecule has 1 aliphatic heterocycles. The predicted octanol–water partition coefficient (Wildman–Crippen LogP) is 3.39. The fraction of sp³-hybridized carbons (Fsp3) is 0.360. The highest BCUT2D eigenvalue weighted by molar-refractivity contribution is 6.62. The Labute approximate surface area is 198 Å². The minimum atomic E-state index is -1.14. The highest BCUT2D eigenvalue weighted by atomic mass is 16.7. The molecule has 8 nitrogen and oxygen atoms in total. The third kappa shape index (κ3) is 4.95. The molecule has 3 aromatic rings. The Bertz CT molecular complexity index is 1170. The number of rotatable bonds is 7. The van der Waals surface area contributed by atoms with Gasteiger partial charge >= 0.3 is 19.2 Å². The largest absolute Gasteiger partial charge is 0.494 e. The van der Waals surface area contributed by atoms with Gasteiger partial charge in [-0.25, -0.2) is 9.59 Å². The van der Waals surface area contributed by atoms with Crippen LogP contribution in [0.25, 0.3) is 10.9 Å². The van der Waals surface area contributed by atoms with Crippen molar-refractivity contribution in [1.29, 1.82) is 0 Å². The van der Waals surface area contributed by atoms with Crippen molar-refractivity contribution >= 4 is 35.5 Å². The molecule has 1 atom stereocenters. The zero-order valence-corrected chi connectivity index (χ0v) is 19.8. The van der Waals surface area contributed by atoms with Crippen LogP contribution in [0.3, 0.4) is 0 Å². The molecule has 1 fully saturated rings. The van der Waals surface area contributed by atoms with Crippen LogP contribution >= 0.6 is 0 Å². The van der Waals surface area contributed by atoms with Crippen LogP contribution in [0.4, 0.5) is 4.79 Å². The standard InChI is InChI=1S/C25H29BN2O6/c1-24(2)25(3,4)34-26(33-24)18-10-11-19-17(14-27-20(19)13-18)12-21(22(29)30)28-23(31)32-15-16-8-6-5-7-9-16/h5-11,13-14,21,27H,12,15H2,1-4H3,(H,28,31)(H,29,30)/t21-/m1/s1. The highest BCUT2D eigenvalue weighted by Gasteiger charge is 2.51. The third-order valence-corrected chi connectivity index (χ3v) is 6.54. The van der Waals surface area contributed by atoms with Crippen molar-refractivity contribution in [1.82, 2.24) is 10.3 Å². The van der Waals surface area contributed by atoms with Gasteiger partial charge in [-0.3, -0.25) is 0 Å². The lowest BCUT2D eigenvalue weighted by Gasteiger charge is -2.32. The molecule has 0 saturated carbocycles. The molecule has 34 heavy (non-hydrogen) atoms. The SMILES string of the molecule is CC1(C)OB(c2ccc3c(C[C@@H](NC(=O)OCc4ccccc4)C(=O)O)c[nH]c3c2)OC1(C)C. The molecule has 3 N–H and O–H groups in total. The summed E-state index contributed by atoms with van der Waals surface area (Å²) in [7, 11) is -0.492. The molecule has 1 amide bonds. The molecule has 1 aromatic heterocycles. The van der Waals surface area contributed by atoms with Crippen molar-refractivity contribution in [2.75, 3.05) is 0 Å². The Morgan fingerprint density at radius 2 is 1.76 bits per heavy atom. The fourth-order valence-electron chi connectivity index (χ4n) is 3.83. The van der Waals surface area contributed by atoms with Gasteiger partial charge in [0.25, 0.3) is 0 Å². The van der Waals surface area contributed by atoms with Crippen LogP contribution in [-0.4, -0.2) is 46.5 Å². The summed E-state index contributed by atoms with van der Waals surface area (Å²) in [5.74, 6) is -1.14. The number of carboxylic acids is 1. The Morgan fingerprint density at radius 3 is 2.41 bits per heavy atom. The molecule has 0 spiro atoms. The molecule has 0 unspecified atom stereocenters. The maximum Gasteiger partial charge on any atom is 0.494 e. The van der Waals surface area contributed by atoms with E-state index in [-0.39, 0.29) is 13.0 Å². The van der Waals surface area contributed by atoms with Gasteiger partial charge in [0.2, 0.25) is 0 Å². The minimum absolute atomic E-state index is 0.0633. The number of hydrogen-bond acceptors (Lipinski definition) is 5. The Kier molecular flexibility index (Phi) is 6.42. The summed E-state index contributed by atoms with van der Waals surface area (Å²) >= 11 is 0. The van der Waals surface area contributed by atoms with Crippen molar-refractivity contribution in [3.63, 3.8) is 0 Å². The van der Waals surface area contributed by atoms with Crippen molar-refractivity contribution < 1.29 is 28.7 Å². The topological polar surface area (TPSA) is 110 Å². The summed E-state index contributed by atoms with van der Waals surface area (Å²) in [6.45, 7) is 8.07. The number of H-pyrrole nitrogens is 1. The van der Waals surface area contributed by atoms with Gasteiger partial charge in [-0.1, -0.05) is 42.5 Å². The number of alkyl carbamates (subject to hydrolysis) is 1. The maximum absolute atomic E-state index is 12.2. The van der Waals surface area contributed by atoms with E-state index in [1.54, 1.807) is 6.20 Å². The molecule has 9 heteroatoms. The molecule has 0 aliphatic carbocycles. The summed E-state index contributed by atoms with van der Waals surface area (Å²) in [5.41, 5.74) is 2.41. The second-order valence-electron chi connectivity index (χ2n) is 9.51. The number of amides is 1. The van der Waals surface area contributed by atoms with Gasteiger partial charge in [-0.15, -0.1) is 0 Å². The Morgan fingerprint density at radius 1 is 1.09 bits per heavy atom. The van der Waals surface area contributed by atoms with Crippen LogP contribution < -0.4 is 10.8 Å². The average molecular weight is 464 g/mol. The van der Waals surface area contributed by atoms with Gasteiger partial charge in [0.15, 0.2) is 0 Å². The highest BCUT2D eigenvalue weighted by Crippen LogP contribution is 2.36. The van der Waals surface area contributed by atoms with E-state index < -0.39 is 36.4 Å². The maximum atomic E-state index is 12.2. The summed E-state index contributed by atoms with van der Waals surface area (Å²) in [4.78, 5) is 27.2. The number of aromatic amines is 1. The van der Waals surface area contributed by atoms with Gasteiger partial charge in [0, 0.05) is 23.5 Å². The monoisotopic (exact) mass is 464 g/mol. The van der Waals surface area contributed by atoms with Crippen LogP contribution in [-0.2, 0) is 31.9 Å². The van der Waals surface area contributed by atoms with E-state index in [0.717, 1.165) is 27.5 Å². The normalized spacial score (nSPS) is 17.5. The second-order valence-corrected chi connectivity index (χ2v) is 9.51. The van der Waals surface area contributed by atoms with E-state index in [4.69, 9.17) is 14.0 Å². The van der Waals surface area contributed by atoms with Crippen LogP contribution in [0.1, 0.15) is 38.8 Å². The smallest absolute Gasteiger partial charge is 0.480 e. The van der Waals surface area contributed by atoms with E-state index in [0.29, 0.717) is 0 Å². The van der Waals surface area contributed by atoms with Crippen molar-refractivity contribution in [3.05, 3.63) is 65.9 Å². The summed E-state index contributed by atoms with van der Waals surface area (Å²) in [6, 6.07) is 13.8. The van der Waals surface area contributed by atoms with Gasteiger partial charge in [-0.2, -0.15) is 0 Å². The zero-order valence-electron chi connectivity index (χ0n) is 19.8. The lowest BCUT2D eigenvalue weighted by molar-refractivity contribution is -0.139. The quantitative estimate of drug-likeness (QED) is 0.463. The van der Waals surface area contributed by atoms with Gasteiger partial charge in [-0.05, 0) is 50.4 Å². The Hall–Kier alpha value is -3.30. The minimum Gasteiger partial charge on any atom is -0.480 e. The number of fused-ring (bicyclic) bond motifs is 1. The second kappa shape index (κ2) is 9.16. The number of ether oxygens (including phenoxy) is 1. The lowest BCUT2D eigenvalue weighted by atomic mass is 9.78. The molecule has 0 radical (unpaired) electrons. The number of aromatic nitrogens is 1. The van der Waals surface area contributed by atoms with Crippen LogP contribution in [0.5, 0.6) is 0 Å². The van der Waals surface area contributed by atoms with E-state index >= 15 is 0 Å². The first kappa shape index (κ1) is 23.8. The Balaban J connectivity index is 1.44. The first-order chi connectivity index (χ1) is 16.1. The van der Waals surface area contributed by atoms with Crippen LogP contribution in [0.2, 0.25) is 0 Å². The summed E-state index contributed by atoms with van der Waals surface area (Å²) in [5, 5.41) is 13.0. The molecule has 1 aliphatic rings. The number of aliphatic carboxylic acids is 1. The van der Waals surface area contributed by atoms with Gasteiger partial charge in [0.1, 0.15) is 12.6 Å². The van der Waals surface area contributed by atoms with E-state index in [1.165, 1.54) is 0 Å². The van der Waals surface area contributed by atoms with E-state index in [2.05, 4.69) is 10.3 Å². The summed E-state index contributed by atoms with van der Waals surface area (Å²) in [6.07, 6.45) is 1.08. The predicted molar refractivity (Wildman–Crippen MR) is 129 cm³/mol. The number of benzene rings is 2. The van der Waals surface area contributed by atoms with Gasteiger partial charge < -0.3 is 29.5 Å². The van der Waals surface area contributed by atoms with E-state index in [9.17, 15) is 14.7 Å². The molecular formula is C25H29BN2O6. The number of carboxylic acid groups (broad SMARTS) is 1. The van der Waals surface area contributed by atoms with Crippen LogP contribution in [0.15, 0.2) is 54.7 Å². The molecule has 2 heterocycles. The summed E-state index contributed by atoms with van der Waals surface area (Å²) < 4.78 is 17.4. The van der Waals surface area contributed by atoms with Crippen molar-refractivity contribution in [3.8, 4) is 0 Å². The molecule has 178 valence electrons. The molecule has 4 rings (SSSR count). The van der Waals surface area contributed by atoms with Crippen LogP contribution in [0, 0.1) is 0 Å². The fourth-order valence-corrected chi connectivity index (χ4v) is 3.83. The first-order valence-electron chi connectivity index (χ1n) is 11.2. The number of nitrogens with one attached hydrogen (secondary N) is 2. The molecular weight excluding hydrogens is 435 g/mol. The number of hydrogen-bond donors (Lipinski definition) is 3. The van der Waals surface area contributed by atoms with Gasteiger partial charge in [0.05, 0.1) is 11.2 Å². The number of carbonyl (C=O) groups excluding carboxylic acids is 1. The van der Waals surface area contributed by atoms with Crippen molar-refractivity contribution in [2.24, 2.45) is 0 Å². The van der Waals surface area contributed by atoms with E-state index in [1.807, 2.05) is 76.2 Å².